The van der Waals surface area contributed by atoms with Crippen molar-refractivity contribution in [3.8, 4) is 23.0 Å². The van der Waals surface area contributed by atoms with E-state index in [0.717, 1.165) is 11.5 Å². The van der Waals surface area contributed by atoms with Gasteiger partial charge < -0.3 is 14.8 Å². The van der Waals surface area contributed by atoms with Gasteiger partial charge in [0.15, 0.2) is 5.82 Å². The minimum Gasteiger partial charge on any atom is -0.492 e. The predicted molar refractivity (Wildman–Crippen MR) is 126 cm³/mol. The SMILES string of the molecule is CCOc1ccc(-c2nnc(C3CC(OC(=O)NC(C)(C)C)C3)n2-c2cccc(Cl)c2)nc1. The van der Waals surface area contributed by atoms with Crippen LogP contribution in [-0.2, 0) is 4.74 Å². The molecule has 0 saturated heterocycles. The Morgan fingerprint density at radius 1 is 1.21 bits per heavy atom. The molecule has 0 spiro atoms. The summed E-state index contributed by atoms with van der Waals surface area (Å²) in [6.07, 6.45) is 2.46. The molecule has 174 valence electrons. The Labute approximate surface area is 198 Å². The Balaban J connectivity index is 1.58. The summed E-state index contributed by atoms with van der Waals surface area (Å²) < 4.78 is 13.0. The summed E-state index contributed by atoms with van der Waals surface area (Å²) in [5, 5.41) is 12.4. The molecule has 2 heterocycles. The molecule has 0 radical (unpaired) electrons. The second-order valence-corrected chi connectivity index (χ2v) is 9.52. The number of alkyl carbamates (subject to hydrolysis) is 1. The number of ether oxygens (including phenoxy) is 2. The number of nitrogens with one attached hydrogen (secondary N) is 1. The molecule has 8 nitrogen and oxygen atoms in total. The smallest absolute Gasteiger partial charge is 0.407 e. The fourth-order valence-corrected chi connectivity index (χ4v) is 3.91. The van der Waals surface area contributed by atoms with Crippen LogP contribution in [-0.4, -0.2) is 44.1 Å². The van der Waals surface area contributed by atoms with Gasteiger partial charge in [-0.05, 0) is 70.9 Å². The summed E-state index contributed by atoms with van der Waals surface area (Å²) in [7, 11) is 0. The molecule has 1 N–H and O–H groups in total. The van der Waals surface area contributed by atoms with Crippen molar-refractivity contribution in [2.24, 2.45) is 0 Å². The van der Waals surface area contributed by atoms with Crippen LogP contribution in [0.4, 0.5) is 4.79 Å². The maximum Gasteiger partial charge on any atom is 0.407 e. The van der Waals surface area contributed by atoms with Crippen LogP contribution in [0.15, 0.2) is 42.6 Å². The van der Waals surface area contributed by atoms with E-state index in [4.69, 9.17) is 21.1 Å². The third kappa shape index (κ3) is 5.45. The van der Waals surface area contributed by atoms with Crippen molar-refractivity contribution >= 4 is 17.7 Å². The average Bonchev–Trinajstić information content (AvgIpc) is 3.14. The minimum absolute atomic E-state index is 0.0976. The van der Waals surface area contributed by atoms with Gasteiger partial charge in [0.25, 0.3) is 0 Å². The summed E-state index contributed by atoms with van der Waals surface area (Å²) in [6.45, 7) is 8.26. The molecule has 3 aromatic rings. The summed E-state index contributed by atoms with van der Waals surface area (Å²) >= 11 is 6.28. The van der Waals surface area contributed by atoms with Crippen molar-refractivity contribution in [3.63, 3.8) is 0 Å². The zero-order chi connectivity index (χ0) is 23.6. The quantitative estimate of drug-likeness (QED) is 0.536. The number of nitrogens with zero attached hydrogens (tertiary/aromatic N) is 4. The van der Waals surface area contributed by atoms with Crippen LogP contribution in [0.5, 0.6) is 5.75 Å². The maximum absolute atomic E-state index is 12.1. The third-order valence-electron chi connectivity index (χ3n) is 5.24. The number of rotatable bonds is 6. The summed E-state index contributed by atoms with van der Waals surface area (Å²) in [4.78, 5) is 16.6. The number of aromatic nitrogens is 4. The highest BCUT2D eigenvalue weighted by molar-refractivity contribution is 6.30. The molecular weight excluding hydrogens is 442 g/mol. The summed E-state index contributed by atoms with van der Waals surface area (Å²) in [6, 6.07) is 11.3. The molecule has 1 fully saturated rings. The molecule has 9 heteroatoms. The lowest BCUT2D eigenvalue weighted by Crippen LogP contribution is -2.44. The van der Waals surface area contributed by atoms with Crippen molar-refractivity contribution in [1.82, 2.24) is 25.1 Å². The predicted octanol–water partition coefficient (Wildman–Crippen LogP) is 5.15. The normalized spacial score (nSPS) is 17.8. The summed E-state index contributed by atoms with van der Waals surface area (Å²) in [5.41, 5.74) is 1.18. The van der Waals surface area contributed by atoms with Gasteiger partial charge in [-0.3, -0.25) is 4.57 Å². The van der Waals surface area contributed by atoms with Gasteiger partial charge in [0.05, 0.1) is 18.5 Å². The highest BCUT2D eigenvalue weighted by Crippen LogP contribution is 2.40. The van der Waals surface area contributed by atoms with E-state index in [-0.39, 0.29) is 17.6 Å². The lowest BCUT2D eigenvalue weighted by molar-refractivity contribution is 0.0336. The van der Waals surface area contributed by atoms with Gasteiger partial charge in [0.1, 0.15) is 23.4 Å². The van der Waals surface area contributed by atoms with E-state index in [1.54, 1.807) is 6.20 Å². The van der Waals surface area contributed by atoms with E-state index in [2.05, 4.69) is 20.5 Å². The molecule has 4 rings (SSSR count). The van der Waals surface area contributed by atoms with Crippen LogP contribution in [0.3, 0.4) is 0 Å². The molecule has 1 aliphatic rings. The van der Waals surface area contributed by atoms with Crippen molar-refractivity contribution in [2.45, 2.75) is 58.1 Å². The van der Waals surface area contributed by atoms with Crippen molar-refractivity contribution < 1.29 is 14.3 Å². The molecule has 1 amide bonds. The van der Waals surface area contributed by atoms with Gasteiger partial charge in [-0.15, -0.1) is 10.2 Å². The van der Waals surface area contributed by atoms with E-state index in [1.807, 2.05) is 68.7 Å². The molecule has 0 bridgehead atoms. The molecule has 33 heavy (non-hydrogen) atoms. The zero-order valence-corrected chi connectivity index (χ0v) is 20.0. The van der Waals surface area contributed by atoms with Crippen LogP contribution in [0.2, 0.25) is 5.02 Å². The second-order valence-electron chi connectivity index (χ2n) is 9.08. The first kappa shape index (κ1) is 23.0. The molecule has 2 aromatic heterocycles. The molecule has 1 aromatic carbocycles. The Morgan fingerprint density at radius 3 is 2.64 bits per heavy atom. The number of hydrogen-bond acceptors (Lipinski definition) is 6. The second kappa shape index (κ2) is 9.39. The Bertz CT molecular complexity index is 1120. The van der Waals surface area contributed by atoms with Gasteiger partial charge in [0, 0.05) is 16.5 Å². The van der Waals surface area contributed by atoms with Crippen LogP contribution in [0.1, 0.15) is 52.3 Å². The molecular formula is C24H28ClN5O3. The van der Waals surface area contributed by atoms with Crippen molar-refractivity contribution in [1.29, 1.82) is 0 Å². The largest absolute Gasteiger partial charge is 0.492 e. The highest BCUT2D eigenvalue weighted by atomic mass is 35.5. The van der Waals surface area contributed by atoms with Crippen LogP contribution in [0, 0.1) is 0 Å². The van der Waals surface area contributed by atoms with Crippen LogP contribution in [0.25, 0.3) is 17.2 Å². The molecule has 0 atom stereocenters. The molecule has 0 unspecified atom stereocenters. The van der Waals surface area contributed by atoms with Gasteiger partial charge in [-0.1, -0.05) is 17.7 Å². The average molecular weight is 470 g/mol. The van der Waals surface area contributed by atoms with E-state index in [9.17, 15) is 4.79 Å². The van der Waals surface area contributed by atoms with Gasteiger partial charge in [0.2, 0.25) is 0 Å². The van der Waals surface area contributed by atoms with E-state index < -0.39 is 6.09 Å². The molecule has 1 saturated carbocycles. The van der Waals surface area contributed by atoms with Gasteiger partial charge in [-0.2, -0.15) is 0 Å². The maximum atomic E-state index is 12.1. The minimum atomic E-state index is -0.401. The fourth-order valence-electron chi connectivity index (χ4n) is 3.72. The van der Waals surface area contributed by atoms with Gasteiger partial charge in [-0.25, -0.2) is 9.78 Å². The monoisotopic (exact) mass is 469 g/mol. The Morgan fingerprint density at radius 2 is 2.00 bits per heavy atom. The number of carbonyl (C=O) groups excluding carboxylic acids is 1. The lowest BCUT2D eigenvalue weighted by Gasteiger charge is -2.35. The number of halogens is 1. The van der Waals surface area contributed by atoms with Gasteiger partial charge >= 0.3 is 6.09 Å². The number of carbonyl (C=O) groups is 1. The number of pyridine rings is 1. The first-order valence-corrected chi connectivity index (χ1v) is 11.4. The number of hydrogen-bond donors (Lipinski definition) is 1. The Hall–Kier alpha value is -3.13. The lowest BCUT2D eigenvalue weighted by atomic mass is 9.81. The number of amides is 1. The topological polar surface area (TPSA) is 91.2 Å². The number of benzene rings is 1. The molecule has 1 aliphatic carbocycles. The first-order chi connectivity index (χ1) is 15.7. The van der Waals surface area contributed by atoms with E-state index in [0.29, 0.717) is 41.7 Å². The van der Waals surface area contributed by atoms with Crippen LogP contribution >= 0.6 is 11.6 Å². The molecule has 0 aliphatic heterocycles. The fraction of sp³-hybridized carbons (Fsp3) is 0.417. The van der Waals surface area contributed by atoms with E-state index >= 15 is 0 Å². The van der Waals surface area contributed by atoms with E-state index in [1.165, 1.54) is 0 Å². The third-order valence-corrected chi connectivity index (χ3v) is 5.48. The van der Waals surface area contributed by atoms with Crippen molar-refractivity contribution in [2.75, 3.05) is 6.61 Å². The summed E-state index contributed by atoms with van der Waals surface area (Å²) in [5.74, 6) is 2.20. The van der Waals surface area contributed by atoms with Crippen LogP contribution < -0.4 is 10.1 Å². The highest BCUT2D eigenvalue weighted by Gasteiger charge is 2.38. The standard InChI is InChI=1S/C24H28ClN5O3/c1-5-32-18-9-10-20(26-14-18)22-29-28-21(30(22)17-8-6-7-16(25)13-17)15-11-19(12-15)33-23(31)27-24(2,3)4/h6-10,13-15,19H,5,11-12H2,1-4H3,(H,27,31). The first-order valence-electron chi connectivity index (χ1n) is 11.0. The Kier molecular flexibility index (Phi) is 6.56. The van der Waals surface area contributed by atoms with Crippen molar-refractivity contribution in [3.05, 3.63) is 53.4 Å². The zero-order valence-electron chi connectivity index (χ0n) is 19.2.